The van der Waals surface area contributed by atoms with Crippen molar-refractivity contribution in [3.8, 4) is 0 Å². The molecule has 6 nitrogen and oxygen atoms in total. The summed E-state index contributed by atoms with van der Waals surface area (Å²) in [5.41, 5.74) is 0.924. The first-order chi connectivity index (χ1) is 12.3. The van der Waals surface area contributed by atoms with Gasteiger partial charge < -0.3 is 15.4 Å². The van der Waals surface area contributed by atoms with E-state index in [4.69, 9.17) is 4.74 Å². The zero-order chi connectivity index (χ0) is 19.5. The van der Waals surface area contributed by atoms with Gasteiger partial charge in [-0.25, -0.2) is 4.79 Å². The van der Waals surface area contributed by atoms with E-state index in [1.54, 1.807) is 0 Å². The quantitative estimate of drug-likeness (QED) is 0.494. The van der Waals surface area contributed by atoms with Crippen molar-refractivity contribution in [1.29, 1.82) is 0 Å². The molecule has 2 unspecified atom stereocenters. The van der Waals surface area contributed by atoms with E-state index in [9.17, 15) is 14.4 Å². The maximum Gasteiger partial charge on any atom is 0.328 e. The van der Waals surface area contributed by atoms with Crippen LogP contribution in [0.25, 0.3) is 0 Å². The Kier molecular flexibility index (Phi) is 9.41. The van der Waals surface area contributed by atoms with E-state index < -0.39 is 24.0 Å². The Morgan fingerprint density at radius 2 is 1.73 bits per heavy atom. The normalized spacial score (nSPS) is 13.0. The number of hydrogen-bond acceptors (Lipinski definition) is 4. The molecule has 0 aliphatic heterocycles. The van der Waals surface area contributed by atoms with Gasteiger partial charge in [-0.3, -0.25) is 9.59 Å². The van der Waals surface area contributed by atoms with E-state index in [1.807, 2.05) is 51.1 Å². The molecule has 0 aliphatic rings. The molecule has 2 atom stereocenters. The molecule has 0 heterocycles. The third-order valence-electron chi connectivity index (χ3n) is 3.94. The highest BCUT2D eigenvalue weighted by atomic mass is 16.5. The van der Waals surface area contributed by atoms with Crippen LogP contribution in [-0.2, 0) is 25.5 Å². The predicted molar refractivity (Wildman–Crippen MR) is 100 cm³/mol. The monoisotopic (exact) mass is 362 g/mol. The van der Waals surface area contributed by atoms with Gasteiger partial charge in [0.25, 0.3) is 0 Å². The van der Waals surface area contributed by atoms with Gasteiger partial charge in [-0.2, -0.15) is 0 Å². The lowest BCUT2D eigenvalue weighted by Gasteiger charge is -2.24. The van der Waals surface area contributed by atoms with Crippen molar-refractivity contribution >= 4 is 17.8 Å². The molecule has 0 saturated heterocycles. The molecular weight excluding hydrogens is 332 g/mol. The first-order valence-electron chi connectivity index (χ1n) is 9.13. The first kappa shape index (κ1) is 21.7. The fourth-order valence-electron chi connectivity index (χ4n) is 2.46. The molecule has 0 aromatic heterocycles. The Labute approximate surface area is 155 Å². The minimum Gasteiger partial charge on any atom is -0.464 e. The van der Waals surface area contributed by atoms with Gasteiger partial charge in [-0.05, 0) is 17.9 Å². The lowest BCUT2D eigenvalue weighted by molar-refractivity contribution is -0.149. The minimum absolute atomic E-state index is 0.122. The summed E-state index contributed by atoms with van der Waals surface area (Å²) >= 11 is 0. The Morgan fingerprint density at radius 1 is 1.08 bits per heavy atom. The number of carbonyl (C=O) groups excluding carboxylic acids is 3. The number of unbranched alkanes of at least 4 members (excludes halogenated alkanes) is 1. The summed E-state index contributed by atoms with van der Waals surface area (Å²) in [7, 11) is 0. The van der Waals surface area contributed by atoms with Crippen molar-refractivity contribution in [3.05, 3.63) is 35.9 Å². The SMILES string of the molecule is CCCCOC(=O)C(NC(=O)C(Cc1ccccc1)NC(C)=O)C(C)C. The second-order valence-corrected chi connectivity index (χ2v) is 6.69. The van der Waals surface area contributed by atoms with E-state index in [-0.39, 0.29) is 11.8 Å². The van der Waals surface area contributed by atoms with Crippen molar-refractivity contribution < 1.29 is 19.1 Å². The average molecular weight is 362 g/mol. The number of esters is 1. The number of rotatable bonds is 10. The van der Waals surface area contributed by atoms with Crippen LogP contribution in [0.15, 0.2) is 30.3 Å². The van der Waals surface area contributed by atoms with Crippen LogP contribution in [0, 0.1) is 5.92 Å². The number of ether oxygens (including phenoxy) is 1. The molecule has 2 amide bonds. The molecule has 0 fully saturated rings. The number of carbonyl (C=O) groups is 3. The largest absolute Gasteiger partial charge is 0.464 e. The fraction of sp³-hybridized carbons (Fsp3) is 0.550. The standard InChI is InChI=1S/C20H30N2O4/c1-5-6-12-26-20(25)18(14(2)3)22-19(24)17(21-15(4)23)13-16-10-8-7-9-11-16/h7-11,14,17-18H,5-6,12-13H2,1-4H3,(H,21,23)(H,22,24). The molecule has 6 heteroatoms. The maximum absolute atomic E-state index is 12.7. The van der Waals surface area contributed by atoms with Crippen molar-refractivity contribution in [1.82, 2.24) is 10.6 Å². The van der Waals surface area contributed by atoms with Gasteiger partial charge in [0.05, 0.1) is 6.61 Å². The van der Waals surface area contributed by atoms with Crippen molar-refractivity contribution in [2.24, 2.45) is 5.92 Å². The van der Waals surface area contributed by atoms with Crippen molar-refractivity contribution in [3.63, 3.8) is 0 Å². The molecule has 0 bridgehead atoms. The topological polar surface area (TPSA) is 84.5 Å². The van der Waals surface area contributed by atoms with Gasteiger partial charge in [-0.15, -0.1) is 0 Å². The van der Waals surface area contributed by atoms with Crippen LogP contribution in [0.2, 0.25) is 0 Å². The molecule has 0 saturated carbocycles. The van der Waals surface area contributed by atoms with Crippen molar-refractivity contribution in [2.75, 3.05) is 6.61 Å². The summed E-state index contributed by atoms with van der Waals surface area (Å²) in [5, 5.41) is 5.40. The second kappa shape index (κ2) is 11.3. The summed E-state index contributed by atoms with van der Waals surface area (Å²) < 4.78 is 5.24. The van der Waals surface area contributed by atoms with E-state index in [0.717, 1.165) is 18.4 Å². The summed E-state index contributed by atoms with van der Waals surface area (Å²) in [5.74, 6) is -1.26. The first-order valence-corrected chi connectivity index (χ1v) is 9.13. The van der Waals surface area contributed by atoms with Crippen LogP contribution in [0.1, 0.15) is 46.1 Å². The molecule has 0 aliphatic carbocycles. The van der Waals surface area contributed by atoms with E-state index in [2.05, 4.69) is 10.6 Å². The Hall–Kier alpha value is -2.37. The molecule has 1 aromatic carbocycles. The highest BCUT2D eigenvalue weighted by molar-refractivity contribution is 5.90. The predicted octanol–water partition coefficient (Wildman–Crippen LogP) is 2.22. The average Bonchev–Trinajstić information content (AvgIpc) is 2.59. The summed E-state index contributed by atoms with van der Waals surface area (Å²) in [6.45, 7) is 7.40. The minimum atomic E-state index is -0.750. The number of amides is 2. The summed E-state index contributed by atoms with van der Waals surface area (Å²) in [6, 6.07) is 7.92. The van der Waals surface area contributed by atoms with Crippen LogP contribution >= 0.6 is 0 Å². The smallest absolute Gasteiger partial charge is 0.328 e. The van der Waals surface area contributed by atoms with Gasteiger partial charge in [0.2, 0.25) is 11.8 Å². The molecule has 1 rings (SSSR count). The van der Waals surface area contributed by atoms with Crippen LogP contribution in [0.3, 0.4) is 0 Å². The molecule has 1 aromatic rings. The van der Waals surface area contributed by atoms with Gasteiger partial charge in [0, 0.05) is 13.3 Å². The van der Waals surface area contributed by atoms with Gasteiger partial charge in [0.1, 0.15) is 12.1 Å². The van der Waals surface area contributed by atoms with Crippen LogP contribution in [-0.4, -0.2) is 36.5 Å². The lowest BCUT2D eigenvalue weighted by Crippen LogP contribution is -2.54. The Balaban J connectivity index is 2.80. The second-order valence-electron chi connectivity index (χ2n) is 6.69. The third kappa shape index (κ3) is 7.68. The van der Waals surface area contributed by atoms with Crippen LogP contribution in [0.4, 0.5) is 0 Å². The molecule has 0 radical (unpaired) electrons. The lowest BCUT2D eigenvalue weighted by atomic mass is 10.0. The highest BCUT2D eigenvalue weighted by Gasteiger charge is 2.29. The van der Waals surface area contributed by atoms with Gasteiger partial charge in [0.15, 0.2) is 0 Å². The number of benzene rings is 1. The molecule has 26 heavy (non-hydrogen) atoms. The Morgan fingerprint density at radius 3 is 2.27 bits per heavy atom. The van der Waals surface area contributed by atoms with Gasteiger partial charge in [-0.1, -0.05) is 57.5 Å². The zero-order valence-electron chi connectivity index (χ0n) is 16.1. The van der Waals surface area contributed by atoms with E-state index >= 15 is 0 Å². The van der Waals surface area contributed by atoms with Gasteiger partial charge >= 0.3 is 5.97 Å². The fourth-order valence-corrected chi connectivity index (χ4v) is 2.46. The highest BCUT2D eigenvalue weighted by Crippen LogP contribution is 2.08. The molecule has 2 N–H and O–H groups in total. The summed E-state index contributed by atoms with van der Waals surface area (Å²) in [4.78, 5) is 36.5. The number of nitrogens with one attached hydrogen (secondary N) is 2. The van der Waals surface area contributed by atoms with Crippen LogP contribution < -0.4 is 10.6 Å². The molecule has 144 valence electrons. The number of hydrogen-bond donors (Lipinski definition) is 2. The van der Waals surface area contributed by atoms with Crippen LogP contribution in [0.5, 0.6) is 0 Å². The van der Waals surface area contributed by atoms with Crippen molar-refractivity contribution in [2.45, 2.75) is 59.0 Å². The Bertz CT molecular complexity index is 587. The maximum atomic E-state index is 12.7. The molecular formula is C20H30N2O4. The van der Waals surface area contributed by atoms with E-state index in [1.165, 1.54) is 6.92 Å². The zero-order valence-corrected chi connectivity index (χ0v) is 16.1. The third-order valence-corrected chi connectivity index (χ3v) is 3.94. The van der Waals surface area contributed by atoms with E-state index in [0.29, 0.717) is 13.0 Å². The summed E-state index contributed by atoms with van der Waals surface area (Å²) in [6.07, 6.45) is 2.06. The molecule has 0 spiro atoms.